The number of esters is 2. The van der Waals surface area contributed by atoms with Crippen LogP contribution < -0.4 is 9.47 Å². The Kier molecular flexibility index (Phi) is 10.6. The monoisotopic (exact) mass is 409 g/mol. The number of carbonyl (C=O) groups excluding carboxylic acids is 3. The lowest BCUT2D eigenvalue weighted by molar-refractivity contribution is -0.167. The second-order valence-corrected chi connectivity index (χ2v) is 6.41. The zero-order chi connectivity index (χ0) is 21.8. The van der Waals surface area contributed by atoms with Gasteiger partial charge in [-0.2, -0.15) is 0 Å². The van der Waals surface area contributed by atoms with E-state index in [0.717, 1.165) is 6.42 Å². The van der Waals surface area contributed by atoms with Crippen molar-refractivity contribution >= 4 is 17.8 Å². The summed E-state index contributed by atoms with van der Waals surface area (Å²) in [5.41, 5.74) is 0.400. The van der Waals surface area contributed by atoms with Crippen LogP contribution in [-0.4, -0.2) is 56.2 Å². The van der Waals surface area contributed by atoms with Crippen LogP contribution in [0.25, 0.3) is 0 Å². The number of likely N-dealkylation sites (N-methyl/N-ethyl adjacent to an activating group) is 1. The van der Waals surface area contributed by atoms with Gasteiger partial charge in [0.1, 0.15) is 0 Å². The SMILES string of the molecule is CCCOC(=O)C(OC(C)=O)c1ccc(OCC(=O)N(C)CC)c(OCCC)c1. The summed E-state index contributed by atoms with van der Waals surface area (Å²) in [6.07, 6.45) is 0.202. The van der Waals surface area contributed by atoms with Crippen LogP contribution in [0.2, 0.25) is 0 Å². The van der Waals surface area contributed by atoms with Crippen molar-refractivity contribution < 1.29 is 33.3 Å². The van der Waals surface area contributed by atoms with E-state index in [0.29, 0.717) is 36.6 Å². The van der Waals surface area contributed by atoms with Crippen LogP contribution in [0, 0.1) is 0 Å². The Hall–Kier alpha value is -2.77. The van der Waals surface area contributed by atoms with Gasteiger partial charge in [0.05, 0.1) is 13.2 Å². The second-order valence-electron chi connectivity index (χ2n) is 6.41. The Morgan fingerprint density at radius 1 is 1.00 bits per heavy atom. The number of hydrogen-bond donors (Lipinski definition) is 0. The number of hydrogen-bond acceptors (Lipinski definition) is 7. The summed E-state index contributed by atoms with van der Waals surface area (Å²) in [4.78, 5) is 37.4. The molecule has 1 amide bonds. The fraction of sp³-hybridized carbons (Fsp3) is 0.571. The van der Waals surface area contributed by atoms with E-state index in [1.54, 1.807) is 30.1 Å². The topological polar surface area (TPSA) is 91.4 Å². The maximum atomic E-state index is 12.3. The minimum absolute atomic E-state index is 0.141. The lowest BCUT2D eigenvalue weighted by Gasteiger charge is -2.19. The number of ether oxygens (including phenoxy) is 4. The van der Waals surface area contributed by atoms with E-state index in [2.05, 4.69) is 0 Å². The van der Waals surface area contributed by atoms with Gasteiger partial charge in [-0.25, -0.2) is 4.79 Å². The largest absolute Gasteiger partial charge is 0.490 e. The molecule has 0 spiro atoms. The highest BCUT2D eigenvalue weighted by atomic mass is 16.6. The molecule has 0 aliphatic heterocycles. The number of nitrogens with zero attached hydrogens (tertiary/aromatic N) is 1. The van der Waals surface area contributed by atoms with E-state index < -0.39 is 18.0 Å². The first-order valence-corrected chi connectivity index (χ1v) is 9.81. The first-order valence-electron chi connectivity index (χ1n) is 9.81. The number of carbonyl (C=O) groups is 3. The maximum absolute atomic E-state index is 12.3. The van der Waals surface area contributed by atoms with Gasteiger partial charge < -0.3 is 23.8 Å². The Bertz CT molecular complexity index is 690. The molecular formula is C21H31NO7. The van der Waals surface area contributed by atoms with E-state index in [9.17, 15) is 14.4 Å². The smallest absolute Gasteiger partial charge is 0.352 e. The molecule has 0 N–H and O–H groups in total. The molecule has 0 aliphatic rings. The van der Waals surface area contributed by atoms with Crippen LogP contribution in [0.3, 0.4) is 0 Å². The van der Waals surface area contributed by atoms with Crippen molar-refractivity contribution in [1.29, 1.82) is 0 Å². The van der Waals surface area contributed by atoms with Crippen LogP contribution in [0.4, 0.5) is 0 Å². The van der Waals surface area contributed by atoms with Crippen LogP contribution >= 0.6 is 0 Å². The molecule has 1 aromatic rings. The fourth-order valence-electron chi connectivity index (χ4n) is 2.25. The van der Waals surface area contributed by atoms with Crippen LogP contribution in [0.5, 0.6) is 11.5 Å². The van der Waals surface area contributed by atoms with Crippen LogP contribution in [0.1, 0.15) is 52.2 Å². The van der Waals surface area contributed by atoms with E-state index in [-0.39, 0.29) is 19.1 Å². The van der Waals surface area contributed by atoms with Gasteiger partial charge in [-0.1, -0.05) is 19.9 Å². The van der Waals surface area contributed by atoms with Crippen LogP contribution in [-0.2, 0) is 23.9 Å². The van der Waals surface area contributed by atoms with E-state index in [4.69, 9.17) is 18.9 Å². The van der Waals surface area contributed by atoms with Crippen molar-refractivity contribution in [2.24, 2.45) is 0 Å². The third-order valence-electron chi connectivity index (χ3n) is 3.93. The van der Waals surface area contributed by atoms with E-state index in [1.165, 1.54) is 6.92 Å². The highest BCUT2D eigenvalue weighted by Gasteiger charge is 2.27. The average molecular weight is 409 g/mol. The molecule has 1 aromatic carbocycles. The minimum atomic E-state index is -1.20. The summed E-state index contributed by atoms with van der Waals surface area (Å²) in [6, 6.07) is 4.74. The Labute approximate surface area is 172 Å². The standard InChI is InChI=1S/C21H31NO7/c1-6-11-26-18-13-16(20(29-15(4)23)21(25)27-12-7-2)9-10-17(18)28-14-19(24)22(5)8-3/h9-10,13,20H,6-8,11-12,14H2,1-5H3. The van der Waals surface area contributed by atoms with Gasteiger partial charge in [-0.05, 0) is 31.9 Å². The Morgan fingerprint density at radius 2 is 1.69 bits per heavy atom. The Morgan fingerprint density at radius 3 is 2.28 bits per heavy atom. The van der Waals surface area contributed by atoms with Gasteiger partial charge in [0.2, 0.25) is 6.10 Å². The van der Waals surface area contributed by atoms with Gasteiger partial charge in [-0.3, -0.25) is 9.59 Å². The highest BCUT2D eigenvalue weighted by Crippen LogP contribution is 2.32. The van der Waals surface area contributed by atoms with E-state index >= 15 is 0 Å². The lowest BCUT2D eigenvalue weighted by atomic mass is 10.1. The Balaban J connectivity index is 3.11. The third kappa shape index (κ3) is 8.01. The lowest BCUT2D eigenvalue weighted by Crippen LogP contribution is -2.31. The molecule has 0 radical (unpaired) electrons. The first-order chi connectivity index (χ1) is 13.8. The normalized spacial score (nSPS) is 11.3. The predicted molar refractivity (Wildman–Crippen MR) is 107 cm³/mol. The molecule has 0 aliphatic carbocycles. The summed E-state index contributed by atoms with van der Waals surface area (Å²) in [7, 11) is 1.69. The van der Waals surface area contributed by atoms with E-state index in [1.807, 2.05) is 20.8 Å². The molecule has 0 bridgehead atoms. The summed E-state index contributed by atoms with van der Waals surface area (Å²) in [6.45, 7) is 7.99. The molecule has 1 atom stereocenters. The molecule has 0 heterocycles. The molecule has 0 fully saturated rings. The van der Waals surface area contributed by atoms with Crippen molar-refractivity contribution in [1.82, 2.24) is 4.90 Å². The molecule has 29 heavy (non-hydrogen) atoms. The summed E-state index contributed by atoms with van der Waals surface area (Å²) >= 11 is 0. The molecule has 8 nitrogen and oxygen atoms in total. The zero-order valence-corrected chi connectivity index (χ0v) is 17.9. The summed E-state index contributed by atoms with van der Waals surface area (Å²) in [5.74, 6) is -0.704. The number of amides is 1. The van der Waals surface area contributed by atoms with Gasteiger partial charge in [0.15, 0.2) is 18.1 Å². The van der Waals surface area contributed by atoms with Crippen molar-refractivity contribution in [3.8, 4) is 11.5 Å². The molecule has 1 rings (SSSR count). The molecule has 0 saturated heterocycles. The first kappa shape index (κ1) is 24.3. The van der Waals surface area contributed by atoms with Crippen molar-refractivity contribution in [3.63, 3.8) is 0 Å². The molecule has 0 aromatic heterocycles. The number of rotatable bonds is 12. The third-order valence-corrected chi connectivity index (χ3v) is 3.93. The minimum Gasteiger partial charge on any atom is -0.490 e. The average Bonchev–Trinajstić information content (AvgIpc) is 2.71. The summed E-state index contributed by atoms with van der Waals surface area (Å²) < 4.78 is 21.6. The maximum Gasteiger partial charge on any atom is 0.352 e. The molecule has 162 valence electrons. The van der Waals surface area contributed by atoms with Crippen LogP contribution in [0.15, 0.2) is 18.2 Å². The fourth-order valence-corrected chi connectivity index (χ4v) is 2.25. The van der Waals surface area contributed by atoms with Gasteiger partial charge >= 0.3 is 11.9 Å². The quantitative estimate of drug-likeness (QED) is 0.490. The van der Waals surface area contributed by atoms with Gasteiger partial charge in [0, 0.05) is 26.1 Å². The molecular weight excluding hydrogens is 378 g/mol. The molecule has 0 saturated carbocycles. The van der Waals surface area contributed by atoms with Gasteiger partial charge in [-0.15, -0.1) is 0 Å². The van der Waals surface area contributed by atoms with Crippen molar-refractivity contribution in [3.05, 3.63) is 23.8 Å². The highest BCUT2D eigenvalue weighted by molar-refractivity contribution is 5.80. The predicted octanol–water partition coefficient (Wildman–Crippen LogP) is 2.89. The number of benzene rings is 1. The summed E-state index contributed by atoms with van der Waals surface area (Å²) in [5, 5.41) is 0. The van der Waals surface area contributed by atoms with Crippen molar-refractivity contribution in [2.45, 2.75) is 46.6 Å². The van der Waals surface area contributed by atoms with Gasteiger partial charge in [0.25, 0.3) is 5.91 Å². The zero-order valence-electron chi connectivity index (χ0n) is 17.9. The second kappa shape index (κ2) is 12.6. The van der Waals surface area contributed by atoms with Crippen molar-refractivity contribution in [2.75, 3.05) is 33.4 Å². The molecule has 1 unspecified atom stereocenters. The molecule has 8 heteroatoms.